The van der Waals surface area contributed by atoms with Gasteiger partial charge in [0.1, 0.15) is 4.90 Å². The number of hydrogen-bond donors (Lipinski definition) is 2. The van der Waals surface area contributed by atoms with Gasteiger partial charge in [-0.15, -0.1) is 0 Å². The number of rotatable bonds is 4. The van der Waals surface area contributed by atoms with E-state index in [1.54, 1.807) is 6.92 Å². The lowest BCUT2D eigenvalue weighted by molar-refractivity contribution is 0.387. The second kappa shape index (κ2) is 5.35. The van der Waals surface area contributed by atoms with Crippen LogP contribution in [-0.4, -0.2) is 18.6 Å². The van der Waals surface area contributed by atoms with Crippen molar-refractivity contribution in [2.24, 2.45) is 0 Å². The van der Waals surface area contributed by atoms with Crippen LogP contribution in [0, 0.1) is 12.7 Å². The van der Waals surface area contributed by atoms with E-state index in [0.29, 0.717) is 0 Å². The molecule has 0 unspecified atom stereocenters. The molecule has 10 heteroatoms. The average molecular weight is 321 g/mol. The summed E-state index contributed by atoms with van der Waals surface area (Å²) in [5, 5.41) is 3.14. The standard InChI is InChI=1S/C10H10ClFN4O3S/c1-5-15-9(16-19-5)4-14-20(17,18)8-3-6(13)2-7(11)10(8)12/h2-3,14H,4,13H2,1H3. The van der Waals surface area contributed by atoms with Crippen LogP contribution in [0.25, 0.3) is 0 Å². The number of aryl methyl sites for hydroxylation is 1. The summed E-state index contributed by atoms with van der Waals surface area (Å²) in [6.45, 7) is 1.31. The lowest BCUT2D eigenvalue weighted by Crippen LogP contribution is -2.25. The molecule has 2 aromatic rings. The Morgan fingerprint density at radius 3 is 2.80 bits per heavy atom. The smallest absolute Gasteiger partial charge is 0.244 e. The Hall–Kier alpha value is -1.71. The summed E-state index contributed by atoms with van der Waals surface area (Å²) in [6, 6.07) is 2.10. The van der Waals surface area contributed by atoms with Crippen LogP contribution in [0.5, 0.6) is 0 Å². The maximum Gasteiger partial charge on any atom is 0.244 e. The van der Waals surface area contributed by atoms with Gasteiger partial charge in [-0.2, -0.15) is 4.98 Å². The molecule has 0 atom stereocenters. The highest BCUT2D eigenvalue weighted by Gasteiger charge is 2.22. The van der Waals surface area contributed by atoms with Crippen molar-refractivity contribution in [3.8, 4) is 0 Å². The number of anilines is 1. The van der Waals surface area contributed by atoms with Crippen molar-refractivity contribution in [1.82, 2.24) is 14.9 Å². The topological polar surface area (TPSA) is 111 Å². The van der Waals surface area contributed by atoms with E-state index in [2.05, 4.69) is 19.4 Å². The zero-order valence-electron chi connectivity index (χ0n) is 10.2. The van der Waals surface area contributed by atoms with Gasteiger partial charge in [-0.3, -0.25) is 0 Å². The number of halogens is 2. The number of nitrogens with zero attached hydrogens (tertiary/aromatic N) is 2. The van der Waals surface area contributed by atoms with Crippen LogP contribution in [0.2, 0.25) is 5.02 Å². The lowest BCUT2D eigenvalue weighted by atomic mass is 10.3. The van der Waals surface area contributed by atoms with Gasteiger partial charge < -0.3 is 10.3 Å². The predicted molar refractivity (Wildman–Crippen MR) is 68.9 cm³/mol. The Morgan fingerprint density at radius 1 is 1.50 bits per heavy atom. The summed E-state index contributed by atoms with van der Waals surface area (Å²) in [5.41, 5.74) is 5.49. The molecule has 0 fully saturated rings. The van der Waals surface area contributed by atoms with Crippen LogP contribution < -0.4 is 10.5 Å². The first-order chi connectivity index (χ1) is 9.29. The summed E-state index contributed by atoms with van der Waals surface area (Å²) >= 11 is 5.56. The Kier molecular flexibility index (Phi) is 3.93. The van der Waals surface area contributed by atoms with Gasteiger partial charge in [-0.25, -0.2) is 17.5 Å². The maximum absolute atomic E-state index is 13.8. The number of sulfonamides is 1. The maximum atomic E-state index is 13.8. The van der Waals surface area contributed by atoms with Gasteiger partial charge in [-0.1, -0.05) is 16.8 Å². The highest BCUT2D eigenvalue weighted by molar-refractivity contribution is 7.89. The third kappa shape index (κ3) is 3.06. The molecule has 0 saturated heterocycles. The van der Waals surface area contributed by atoms with Crippen molar-refractivity contribution < 1.29 is 17.3 Å². The largest absolute Gasteiger partial charge is 0.399 e. The molecular weight excluding hydrogens is 311 g/mol. The molecule has 0 radical (unpaired) electrons. The average Bonchev–Trinajstić information content (AvgIpc) is 2.77. The third-order valence-corrected chi connectivity index (χ3v) is 3.97. The fraction of sp³-hybridized carbons (Fsp3) is 0.200. The quantitative estimate of drug-likeness (QED) is 0.820. The van der Waals surface area contributed by atoms with Gasteiger partial charge in [0.25, 0.3) is 0 Å². The molecule has 0 spiro atoms. The van der Waals surface area contributed by atoms with Gasteiger partial charge in [-0.05, 0) is 12.1 Å². The van der Waals surface area contributed by atoms with Gasteiger partial charge in [0.2, 0.25) is 15.9 Å². The Bertz CT molecular complexity index is 747. The summed E-state index contributed by atoms with van der Waals surface area (Å²) in [7, 11) is -4.14. The highest BCUT2D eigenvalue weighted by Crippen LogP contribution is 2.25. The van der Waals surface area contributed by atoms with Crippen LogP contribution in [0.1, 0.15) is 11.7 Å². The minimum Gasteiger partial charge on any atom is -0.399 e. The van der Waals surface area contributed by atoms with E-state index in [-0.39, 0.29) is 29.0 Å². The van der Waals surface area contributed by atoms with Gasteiger partial charge >= 0.3 is 0 Å². The van der Waals surface area contributed by atoms with Crippen LogP contribution in [-0.2, 0) is 16.6 Å². The first kappa shape index (κ1) is 14.7. The van der Waals surface area contributed by atoms with E-state index in [9.17, 15) is 12.8 Å². The molecule has 0 aliphatic carbocycles. The van der Waals surface area contributed by atoms with Crippen LogP contribution in [0.4, 0.5) is 10.1 Å². The number of benzene rings is 1. The normalized spacial score (nSPS) is 11.8. The minimum absolute atomic E-state index is 0.0344. The van der Waals surface area contributed by atoms with E-state index < -0.39 is 20.7 Å². The number of aromatic nitrogens is 2. The van der Waals surface area contributed by atoms with E-state index in [4.69, 9.17) is 17.3 Å². The van der Waals surface area contributed by atoms with Crippen LogP contribution in [0.3, 0.4) is 0 Å². The van der Waals surface area contributed by atoms with Crippen LogP contribution in [0.15, 0.2) is 21.6 Å². The highest BCUT2D eigenvalue weighted by atomic mass is 35.5. The number of nitrogen functional groups attached to an aromatic ring is 1. The fourth-order valence-electron chi connectivity index (χ4n) is 1.43. The monoisotopic (exact) mass is 320 g/mol. The van der Waals surface area contributed by atoms with Crippen molar-refractivity contribution >= 4 is 27.3 Å². The fourth-order valence-corrected chi connectivity index (χ4v) is 2.83. The van der Waals surface area contributed by atoms with Crippen LogP contribution >= 0.6 is 11.6 Å². The van der Waals surface area contributed by atoms with Crippen molar-refractivity contribution in [3.63, 3.8) is 0 Å². The zero-order valence-corrected chi connectivity index (χ0v) is 11.8. The molecule has 0 amide bonds. The first-order valence-corrected chi connectivity index (χ1v) is 7.19. The predicted octanol–water partition coefficient (Wildman–Crippen LogP) is 1.23. The second-order valence-electron chi connectivity index (χ2n) is 3.87. The van der Waals surface area contributed by atoms with Crippen molar-refractivity contribution in [2.75, 3.05) is 5.73 Å². The number of hydrogen-bond acceptors (Lipinski definition) is 6. The zero-order chi connectivity index (χ0) is 14.9. The number of nitrogens with one attached hydrogen (secondary N) is 1. The van der Waals surface area contributed by atoms with E-state index >= 15 is 0 Å². The second-order valence-corrected chi connectivity index (χ2v) is 6.01. The van der Waals surface area contributed by atoms with Gasteiger partial charge in [0.15, 0.2) is 11.6 Å². The van der Waals surface area contributed by atoms with E-state index in [0.717, 1.165) is 12.1 Å². The molecular formula is C10H10ClFN4O3S. The molecule has 2 rings (SSSR count). The third-order valence-electron chi connectivity index (χ3n) is 2.30. The molecule has 0 aliphatic rings. The van der Waals surface area contributed by atoms with Crippen molar-refractivity contribution in [3.05, 3.63) is 34.7 Å². The van der Waals surface area contributed by atoms with Gasteiger partial charge in [0.05, 0.1) is 11.6 Å². The molecule has 1 aromatic heterocycles. The summed E-state index contributed by atoms with van der Waals surface area (Å²) in [6.07, 6.45) is 0. The molecule has 0 bridgehead atoms. The first-order valence-electron chi connectivity index (χ1n) is 5.33. The summed E-state index contributed by atoms with van der Waals surface area (Å²) < 4.78 is 44.5. The summed E-state index contributed by atoms with van der Waals surface area (Å²) in [4.78, 5) is 3.18. The Balaban J connectivity index is 2.27. The lowest BCUT2D eigenvalue weighted by Gasteiger charge is -2.08. The van der Waals surface area contributed by atoms with E-state index in [1.165, 1.54) is 0 Å². The Morgan fingerprint density at radius 2 is 2.20 bits per heavy atom. The van der Waals surface area contributed by atoms with Gasteiger partial charge in [0, 0.05) is 12.6 Å². The molecule has 3 N–H and O–H groups in total. The molecule has 108 valence electrons. The molecule has 0 aliphatic heterocycles. The van der Waals surface area contributed by atoms with Crippen molar-refractivity contribution in [2.45, 2.75) is 18.4 Å². The molecule has 20 heavy (non-hydrogen) atoms. The SMILES string of the molecule is Cc1nc(CNS(=O)(=O)c2cc(N)cc(Cl)c2F)no1. The molecule has 7 nitrogen and oxygen atoms in total. The minimum atomic E-state index is -4.14. The summed E-state index contributed by atoms with van der Waals surface area (Å²) in [5.74, 6) is -0.656. The molecule has 1 aromatic carbocycles. The number of nitrogens with two attached hydrogens (primary N) is 1. The molecule has 0 saturated carbocycles. The Labute approximate surface area is 119 Å². The molecule has 1 heterocycles. The van der Waals surface area contributed by atoms with E-state index in [1.807, 2.05) is 0 Å². The van der Waals surface area contributed by atoms with Crippen molar-refractivity contribution in [1.29, 1.82) is 0 Å².